The van der Waals surface area contributed by atoms with Gasteiger partial charge in [-0.05, 0) is 54.3 Å². The Balaban J connectivity index is 1.82. The molecule has 120 valence electrons. The van der Waals surface area contributed by atoms with E-state index in [2.05, 4.69) is 0 Å². The molecule has 1 heterocycles. The normalized spacial score (nSPS) is 17.5. The van der Waals surface area contributed by atoms with Crippen LogP contribution in [0.5, 0.6) is 0 Å². The highest BCUT2D eigenvalue weighted by atomic mass is 19.1. The molecule has 0 aromatic heterocycles. The summed E-state index contributed by atoms with van der Waals surface area (Å²) >= 11 is 0. The van der Waals surface area contributed by atoms with Crippen LogP contribution >= 0.6 is 0 Å². The summed E-state index contributed by atoms with van der Waals surface area (Å²) < 4.78 is 27.3. The van der Waals surface area contributed by atoms with Crippen LogP contribution in [0.3, 0.4) is 0 Å². The van der Waals surface area contributed by atoms with Crippen LogP contribution in [0.1, 0.15) is 16.8 Å². The van der Waals surface area contributed by atoms with Crippen LogP contribution in [0.2, 0.25) is 0 Å². The molecule has 0 bridgehead atoms. The molecule has 1 amide bonds. The zero-order chi connectivity index (χ0) is 16.4. The lowest BCUT2D eigenvalue weighted by Crippen LogP contribution is -2.30. The number of rotatable bonds is 3. The maximum atomic E-state index is 14.4. The summed E-state index contributed by atoms with van der Waals surface area (Å²) in [5.74, 6) is -0.915. The van der Waals surface area contributed by atoms with E-state index in [0.717, 1.165) is 6.42 Å². The Morgan fingerprint density at radius 1 is 1.13 bits per heavy atom. The van der Waals surface area contributed by atoms with E-state index in [-0.39, 0.29) is 17.3 Å². The number of carbonyl (C=O) groups excluding carboxylic acids is 1. The fourth-order valence-electron chi connectivity index (χ4n) is 2.89. The van der Waals surface area contributed by atoms with Gasteiger partial charge in [-0.1, -0.05) is 18.2 Å². The van der Waals surface area contributed by atoms with Crippen molar-refractivity contribution in [2.24, 2.45) is 11.7 Å². The average molecular weight is 316 g/mol. The second-order valence-electron chi connectivity index (χ2n) is 5.84. The topological polar surface area (TPSA) is 46.3 Å². The molecular formula is C18H18F2N2O. The van der Waals surface area contributed by atoms with Crippen LogP contribution in [-0.4, -0.2) is 30.4 Å². The molecule has 5 heteroatoms. The van der Waals surface area contributed by atoms with Gasteiger partial charge in [-0.25, -0.2) is 8.78 Å². The van der Waals surface area contributed by atoms with Crippen LogP contribution in [0.4, 0.5) is 8.78 Å². The summed E-state index contributed by atoms with van der Waals surface area (Å²) in [5, 5.41) is 0. The monoisotopic (exact) mass is 316 g/mol. The van der Waals surface area contributed by atoms with E-state index in [4.69, 9.17) is 5.73 Å². The quantitative estimate of drug-likeness (QED) is 0.946. The van der Waals surface area contributed by atoms with Crippen LogP contribution in [0.25, 0.3) is 11.1 Å². The molecule has 2 aromatic rings. The second-order valence-corrected chi connectivity index (χ2v) is 5.84. The summed E-state index contributed by atoms with van der Waals surface area (Å²) in [4.78, 5) is 14.1. The number of benzene rings is 2. The first-order chi connectivity index (χ1) is 11.1. The SMILES string of the molecule is NC[C@@H]1CCN(C(=O)c2ccc(-c3ccc(F)cc3)cc2F)C1. The Hall–Kier alpha value is -2.27. The van der Waals surface area contributed by atoms with Gasteiger partial charge in [0.05, 0.1) is 5.56 Å². The molecule has 1 aliphatic heterocycles. The summed E-state index contributed by atoms with van der Waals surface area (Å²) in [7, 11) is 0. The minimum atomic E-state index is -0.562. The highest BCUT2D eigenvalue weighted by Crippen LogP contribution is 2.24. The second kappa shape index (κ2) is 6.46. The number of likely N-dealkylation sites (tertiary alicyclic amines) is 1. The Labute approximate surface area is 133 Å². The van der Waals surface area contributed by atoms with Gasteiger partial charge in [0, 0.05) is 13.1 Å². The number of hydrogen-bond donors (Lipinski definition) is 1. The van der Waals surface area contributed by atoms with E-state index in [1.165, 1.54) is 24.3 Å². The van der Waals surface area contributed by atoms with Gasteiger partial charge < -0.3 is 10.6 Å². The Bertz CT molecular complexity index is 715. The first-order valence-corrected chi connectivity index (χ1v) is 7.63. The molecule has 2 N–H and O–H groups in total. The Morgan fingerprint density at radius 3 is 2.43 bits per heavy atom. The van der Waals surface area contributed by atoms with E-state index < -0.39 is 5.82 Å². The number of amides is 1. The van der Waals surface area contributed by atoms with Gasteiger partial charge >= 0.3 is 0 Å². The molecule has 3 nitrogen and oxygen atoms in total. The van der Waals surface area contributed by atoms with Crippen LogP contribution < -0.4 is 5.73 Å². The van der Waals surface area contributed by atoms with Crippen LogP contribution in [0.15, 0.2) is 42.5 Å². The zero-order valence-corrected chi connectivity index (χ0v) is 12.6. The third kappa shape index (κ3) is 3.24. The number of hydrogen-bond acceptors (Lipinski definition) is 2. The maximum absolute atomic E-state index is 14.4. The van der Waals surface area contributed by atoms with Crippen molar-refractivity contribution in [3.63, 3.8) is 0 Å². The molecule has 3 rings (SSSR count). The van der Waals surface area contributed by atoms with E-state index in [9.17, 15) is 13.6 Å². The maximum Gasteiger partial charge on any atom is 0.256 e. The van der Waals surface area contributed by atoms with E-state index in [1.807, 2.05) is 0 Å². The lowest BCUT2D eigenvalue weighted by Gasteiger charge is -2.17. The van der Waals surface area contributed by atoms with Gasteiger partial charge in [0.2, 0.25) is 0 Å². The van der Waals surface area contributed by atoms with E-state index in [1.54, 1.807) is 23.1 Å². The number of nitrogens with two attached hydrogens (primary N) is 1. The minimum absolute atomic E-state index is 0.0635. The molecular weight excluding hydrogens is 298 g/mol. The standard InChI is InChI=1S/C18H18F2N2O/c19-15-4-1-13(2-5-15)14-3-6-16(17(20)9-14)18(23)22-8-7-12(10-21)11-22/h1-6,9,12H,7-8,10-11,21H2/t12-/m0/s1. The summed E-state index contributed by atoms with van der Waals surface area (Å²) in [6, 6.07) is 10.3. The lowest BCUT2D eigenvalue weighted by atomic mass is 10.0. The molecule has 0 saturated carbocycles. The predicted octanol–water partition coefficient (Wildman–Crippen LogP) is 3.05. The van der Waals surface area contributed by atoms with Crippen molar-refractivity contribution in [3.8, 4) is 11.1 Å². The smallest absolute Gasteiger partial charge is 0.256 e. The molecule has 1 saturated heterocycles. The Morgan fingerprint density at radius 2 is 1.83 bits per heavy atom. The first kappa shape index (κ1) is 15.6. The van der Waals surface area contributed by atoms with Crippen molar-refractivity contribution >= 4 is 5.91 Å². The van der Waals surface area contributed by atoms with Gasteiger partial charge in [0.25, 0.3) is 5.91 Å². The van der Waals surface area contributed by atoms with Crippen molar-refractivity contribution in [2.45, 2.75) is 6.42 Å². The molecule has 23 heavy (non-hydrogen) atoms. The van der Waals surface area contributed by atoms with Gasteiger partial charge in [0.1, 0.15) is 11.6 Å². The molecule has 1 fully saturated rings. The lowest BCUT2D eigenvalue weighted by molar-refractivity contribution is 0.0783. The predicted molar refractivity (Wildman–Crippen MR) is 84.9 cm³/mol. The number of carbonyl (C=O) groups is 1. The molecule has 0 aliphatic carbocycles. The number of halogens is 2. The van der Waals surface area contributed by atoms with E-state index >= 15 is 0 Å². The van der Waals surface area contributed by atoms with Gasteiger partial charge in [0.15, 0.2) is 0 Å². The van der Waals surface area contributed by atoms with Gasteiger partial charge in [-0.2, -0.15) is 0 Å². The van der Waals surface area contributed by atoms with Crippen LogP contribution in [-0.2, 0) is 0 Å². The van der Waals surface area contributed by atoms with Crippen molar-refractivity contribution in [1.29, 1.82) is 0 Å². The molecule has 0 unspecified atom stereocenters. The third-order valence-corrected chi connectivity index (χ3v) is 4.28. The molecule has 2 aromatic carbocycles. The molecule has 1 aliphatic rings. The Kier molecular flexibility index (Phi) is 4.39. The van der Waals surface area contributed by atoms with Crippen molar-refractivity contribution < 1.29 is 13.6 Å². The minimum Gasteiger partial charge on any atom is -0.338 e. The highest BCUT2D eigenvalue weighted by Gasteiger charge is 2.27. The zero-order valence-electron chi connectivity index (χ0n) is 12.6. The van der Waals surface area contributed by atoms with Crippen molar-refractivity contribution in [2.75, 3.05) is 19.6 Å². The highest BCUT2D eigenvalue weighted by molar-refractivity contribution is 5.95. The summed E-state index contributed by atoms with van der Waals surface area (Å²) in [6.45, 7) is 1.73. The third-order valence-electron chi connectivity index (χ3n) is 4.28. The number of nitrogens with zero attached hydrogens (tertiary/aromatic N) is 1. The molecule has 0 radical (unpaired) electrons. The molecule has 0 spiro atoms. The fraction of sp³-hybridized carbons (Fsp3) is 0.278. The molecule has 1 atom stereocenters. The fourth-order valence-corrected chi connectivity index (χ4v) is 2.89. The van der Waals surface area contributed by atoms with Crippen molar-refractivity contribution in [1.82, 2.24) is 4.90 Å². The average Bonchev–Trinajstić information content (AvgIpc) is 3.04. The van der Waals surface area contributed by atoms with Crippen molar-refractivity contribution in [3.05, 3.63) is 59.7 Å². The van der Waals surface area contributed by atoms with Gasteiger partial charge in [-0.3, -0.25) is 4.79 Å². The van der Waals surface area contributed by atoms with E-state index in [0.29, 0.717) is 36.7 Å². The van der Waals surface area contributed by atoms with Crippen LogP contribution in [0, 0.1) is 17.6 Å². The van der Waals surface area contributed by atoms with Gasteiger partial charge in [-0.15, -0.1) is 0 Å². The first-order valence-electron chi connectivity index (χ1n) is 7.63. The summed E-state index contributed by atoms with van der Waals surface area (Å²) in [6.07, 6.45) is 0.859. The largest absolute Gasteiger partial charge is 0.338 e. The summed E-state index contributed by atoms with van der Waals surface area (Å²) in [5.41, 5.74) is 7.00.